The van der Waals surface area contributed by atoms with Crippen molar-refractivity contribution in [3.05, 3.63) is 5.82 Å². The fraction of sp³-hybridized carbons (Fsp3) is 0.750. The second-order valence-corrected chi connectivity index (χ2v) is 3.62. The van der Waals surface area contributed by atoms with Gasteiger partial charge in [-0.15, -0.1) is 0 Å². The molecule has 0 unspecified atom stereocenters. The van der Waals surface area contributed by atoms with Crippen molar-refractivity contribution >= 4 is 16.7 Å². The molecule has 0 fully saturated rings. The summed E-state index contributed by atoms with van der Waals surface area (Å²) in [5.41, 5.74) is 5.52. The van der Waals surface area contributed by atoms with Crippen molar-refractivity contribution in [3.8, 4) is 0 Å². The van der Waals surface area contributed by atoms with Crippen LogP contribution in [-0.2, 0) is 4.74 Å². The Bertz CT molecular complexity index is 266. The molecule has 0 aliphatic rings. The van der Waals surface area contributed by atoms with E-state index in [2.05, 4.69) is 14.3 Å². The molecule has 6 heteroatoms. The maximum atomic E-state index is 5.52. The first-order valence-electron chi connectivity index (χ1n) is 4.52. The normalized spacial score (nSPS) is 10.5. The lowest BCUT2D eigenvalue weighted by molar-refractivity contribution is 0.205. The Balaban J connectivity index is 2.57. The largest absolute Gasteiger partial charge is 0.383 e. The number of anilines is 1. The molecule has 1 rings (SSSR count). The van der Waals surface area contributed by atoms with Gasteiger partial charge in [-0.2, -0.15) is 4.37 Å². The molecule has 1 heterocycles. The highest BCUT2D eigenvalue weighted by Gasteiger charge is 2.09. The van der Waals surface area contributed by atoms with Crippen LogP contribution in [0.25, 0.3) is 0 Å². The van der Waals surface area contributed by atoms with Crippen molar-refractivity contribution in [2.45, 2.75) is 6.92 Å². The second kappa shape index (κ2) is 5.90. The van der Waals surface area contributed by atoms with Gasteiger partial charge in [-0.3, -0.25) is 0 Å². The SMILES string of the molecule is COCCN(CCN)c1nc(C)ns1. The highest BCUT2D eigenvalue weighted by atomic mass is 32.1. The first-order valence-corrected chi connectivity index (χ1v) is 5.29. The van der Waals surface area contributed by atoms with Gasteiger partial charge >= 0.3 is 0 Å². The van der Waals surface area contributed by atoms with Gasteiger partial charge in [-0.05, 0) is 6.92 Å². The van der Waals surface area contributed by atoms with Gasteiger partial charge < -0.3 is 15.4 Å². The standard InChI is InChI=1S/C8H16N4OS/c1-7-10-8(14-11-7)12(4-3-9)5-6-13-2/h3-6,9H2,1-2H3. The predicted octanol–water partition coefficient (Wildman–Crippen LogP) is 0.258. The van der Waals surface area contributed by atoms with Crippen LogP contribution in [0.5, 0.6) is 0 Å². The summed E-state index contributed by atoms with van der Waals surface area (Å²) in [6, 6.07) is 0. The lowest BCUT2D eigenvalue weighted by Gasteiger charge is -2.19. The molecule has 0 spiro atoms. The lowest BCUT2D eigenvalue weighted by Crippen LogP contribution is -2.32. The summed E-state index contributed by atoms with van der Waals surface area (Å²) >= 11 is 1.40. The number of aryl methyl sites for hydroxylation is 1. The Morgan fingerprint density at radius 2 is 2.29 bits per heavy atom. The van der Waals surface area contributed by atoms with E-state index in [-0.39, 0.29) is 0 Å². The molecule has 0 saturated carbocycles. The van der Waals surface area contributed by atoms with Gasteiger partial charge in [0.15, 0.2) is 0 Å². The fourth-order valence-electron chi connectivity index (χ4n) is 1.07. The molecule has 80 valence electrons. The summed E-state index contributed by atoms with van der Waals surface area (Å²) in [4.78, 5) is 6.40. The van der Waals surface area contributed by atoms with Gasteiger partial charge in [-0.1, -0.05) is 0 Å². The molecule has 0 aliphatic carbocycles. The van der Waals surface area contributed by atoms with Gasteiger partial charge in [-0.25, -0.2) is 4.98 Å². The van der Waals surface area contributed by atoms with E-state index in [1.165, 1.54) is 11.5 Å². The van der Waals surface area contributed by atoms with Crippen LogP contribution in [0.2, 0.25) is 0 Å². The number of aromatic nitrogens is 2. The Morgan fingerprint density at radius 1 is 1.50 bits per heavy atom. The Morgan fingerprint density at radius 3 is 2.79 bits per heavy atom. The third-order valence-electron chi connectivity index (χ3n) is 1.75. The third-order valence-corrected chi connectivity index (χ3v) is 2.62. The van der Waals surface area contributed by atoms with E-state index in [1.54, 1.807) is 7.11 Å². The first kappa shape index (κ1) is 11.4. The van der Waals surface area contributed by atoms with Crippen molar-refractivity contribution in [1.82, 2.24) is 9.36 Å². The zero-order valence-electron chi connectivity index (χ0n) is 8.56. The van der Waals surface area contributed by atoms with Crippen LogP contribution in [0.4, 0.5) is 5.13 Å². The molecule has 2 N–H and O–H groups in total. The quantitative estimate of drug-likeness (QED) is 0.739. The minimum atomic E-state index is 0.613. The van der Waals surface area contributed by atoms with E-state index >= 15 is 0 Å². The van der Waals surface area contributed by atoms with Crippen LogP contribution in [0.1, 0.15) is 5.82 Å². The summed E-state index contributed by atoms with van der Waals surface area (Å²) in [5, 5.41) is 0.921. The average molecular weight is 216 g/mol. The smallest absolute Gasteiger partial charge is 0.205 e. The number of hydrogen-bond acceptors (Lipinski definition) is 6. The molecule has 1 aromatic rings. The highest BCUT2D eigenvalue weighted by Crippen LogP contribution is 2.15. The van der Waals surface area contributed by atoms with Crippen LogP contribution < -0.4 is 10.6 Å². The molecular weight excluding hydrogens is 200 g/mol. The molecule has 0 saturated heterocycles. The minimum Gasteiger partial charge on any atom is -0.383 e. The average Bonchev–Trinajstić information content (AvgIpc) is 2.59. The predicted molar refractivity (Wildman–Crippen MR) is 57.8 cm³/mol. The molecule has 0 amide bonds. The van der Waals surface area contributed by atoms with E-state index in [1.807, 2.05) is 6.92 Å². The van der Waals surface area contributed by atoms with E-state index in [0.717, 1.165) is 24.0 Å². The highest BCUT2D eigenvalue weighted by molar-refractivity contribution is 7.09. The van der Waals surface area contributed by atoms with Crippen LogP contribution in [0.3, 0.4) is 0 Å². The van der Waals surface area contributed by atoms with E-state index in [9.17, 15) is 0 Å². The number of methoxy groups -OCH3 is 1. The van der Waals surface area contributed by atoms with E-state index < -0.39 is 0 Å². The number of rotatable bonds is 6. The Hall–Kier alpha value is -0.720. The van der Waals surface area contributed by atoms with Gasteiger partial charge in [0.1, 0.15) is 5.82 Å². The van der Waals surface area contributed by atoms with Gasteiger partial charge in [0.25, 0.3) is 0 Å². The molecule has 0 atom stereocenters. The molecular formula is C8H16N4OS. The van der Waals surface area contributed by atoms with E-state index in [4.69, 9.17) is 10.5 Å². The summed E-state index contributed by atoms with van der Waals surface area (Å²) in [6.07, 6.45) is 0. The van der Waals surface area contributed by atoms with Crippen molar-refractivity contribution < 1.29 is 4.74 Å². The second-order valence-electron chi connectivity index (χ2n) is 2.89. The third kappa shape index (κ3) is 3.21. The molecule has 5 nitrogen and oxygen atoms in total. The molecule has 0 aromatic carbocycles. The Labute approximate surface area is 88.1 Å². The minimum absolute atomic E-state index is 0.613. The van der Waals surface area contributed by atoms with Crippen molar-refractivity contribution in [2.75, 3.05) is 38.3 Å². The number of ether oxygens (including phenoxy) is 1. The lowest BCUT2D eigenvalue weighted by atomic mass is 10.5. The fourth-order valence-corrected chi connectivity index (χ4v) is 1.80. The first-order chi connectivity index (χ1) is 6.77. The molecule has 1 aromatic heterocycles. The maximum Gasteiger partial charge on any atom is 0.205 e. The van der Waals surface area contributed by atoms with E-state index in [0.29, 0.717) is 13.2 Å². The molecule has 0 aliphatic heterocycles. The van der Waals surface area contributed by atoms with Crippen molar-refractivity contribution in [2.24, 2.45) is 5.73 Å². The Kier molecular flexibility index (Phi) is 4.78. The van der Waals surface area contributed by atoms with Crippen LogP contribution in [0, 0.1) is 6.92 Å². The number of hydrogen-bond donors (Lipinski definition) is 1. The monoisotopic (exact) mass is 216 g/mol. The molecule has 0 radical (unpaired) electrons. The van der Waals surface area contributed by atoms with Crippen molar-refractivity contribution in [1.29, 1.82) is 0 Å². The number of nitrogens with zero attached hydrogens (tertiary/aromatic N) is 3. The molecule has 14 heavy (non-hydrogen) atoms. The topological polar surface area (TPSA) is 64.3 Å². The van der Waals surface area contributed by atoms with Gasteiger partial charge in [0.2, 0.25) is 5.13 Å². The van der Waals surface area contributed by atoms with Crippen LogP contribution >= 0.6 is 11.5 Å². The van der Waals surface area contributed by atoms with Crippen molar-refractivity contribution in [3.63, 3.8) is 0 Å². The zero-order valence-corrected chi connectivity index (χ0v) is 9.38. The van der Waals surface area contributed by atoms with Crippen LogP contribution in [0.15, 0.2) is 0 Å². The maximum absolute atomic E-state index is 5.52. The van der Waals surface area contributed by atoms with Crippen LogP contribution in [-0.4, -0.2) is 42.7 Å². The summed E-state index contributed by atoms with van der Waals surface area (Å²) in [6.45, 7) is 4.78. The van der Waals surface area contributed by atoms with Gasteiger partial charge in [0.05, 0.1) is 6.61 Å². The zero-order chi connectivity index (χ0) is 10.4. The molecule has 0 bridgehead atoms. The summed E-state index contributed by atoms with van der Waals surface area (Å²) < 4.78 is 9.16. The number of nitrogens with two attached hydrogens (primary N) is 1. The van der Waals surface area contributed by atoms with Gasteiger partial charge in [0, 0.05) is 38.3 Å². The summed E-state index contributed by atoms with van der Waals surface area (Å²) in [5.74, 6) is 0.810. The summed E-state index contributed by atoms with van der Waals surface area (Å²) in [7, 11) is 1.69.